The van der Waals surface area contributed by atoms with Crippen molar-refractivity contribution in [3.8, 4) is 12.3 Å². The molecule has 0 bridgehead atoms. The minimum absolute atomic E-state index is 0.545. The summed E-state index contributed by atoms with van der Waals surface area (Å²) in [5.41, 5.74) is 0.857. The summed E-state index contributed by atoms with van der Waals surface area (Å²) in [6.45, 7) is 6.17. The van der Waals surface area contributed by atoms with E-state index < -0.39 is 0 Å². The van der Waals surface area contributed by atoms with E-state index in [0.717, 1.165) is 5.70 Å². The molecular formula is C8H11N. The van der Waals surface area contributed by atoms with Gasteiger partial charge in [0.25, 0.3) is 0 Å². The first-order chi connectivity index (χ1) is 4.31. The molecule has 0 aliphatic heterocycles. The Morgan fingerprint density at radius 1 is 1.89 bits per heavy atom. The Bertz CT molecular complexity index is 148. The molecule has 0 aromatic heterocycles. The highest BCUT2D eigenvalue weighted by atomic mass is 14.9. The Kier molecular flexibility index (Phi) is 4.34. The number of hydrogen-bond acceptors (Lipinski definition) is 1. The lowest BCUT2D eigenvalue weighted by Crippen LogP contribution is -2.09. The van der Waals surface area contributed by atoms with E-state index in [1.165, 1.54) is 0 Å². The fourth-order valence-electron chi connectivity index (χ4n) is 0.425. The van der Waals surface area contributed by atoms with Gasteiger partial charge in [0.15, 0.2) is 0 Å². The molecule has 0 aromatic rings. The fraction of sp³-hybridized carbons (Fsp3) is 0.250. The van der Waals surface area contributed by atoms with Gasteiger partial charge in [-0.15, -0.1) is 6.42 Å². The second-order valence-electron chi connectivity index (χ2n) is 1.58. The maximum Gasteiger partial charge on any atom is 0.0763 e. The number of terminal acetylenes is 1. The molecule has 0 saturated carbocycles. The molecule has 0 spiro atoms. The van der Waals surface area contributed by atoms with Gasteiger partial charge in [0.2, 0.25) is 0 Å². The third-order valence-electron chi connectivity index (χ3n) is 0.785. The minimum atomic E-state index is 0.545. The van der Waals surface area contributed by atoms with Crippen molar-refractivity contribution in [2.75, 3.05) is 6.54 Å². The van der Waals surface area contributed by atoms with Gasteiger partial charge >= 0.3 is 0 Å². The topological polar surface area (TPSA) is 12.0 Å². The van der Waals surface area contributed by atoms with Crippen LogP contribution in [0.4, 0.5) is 0 Å². The molecule has 1 nitrogen and oxygen atoms in total. The van der Waals surface area contributed by atoms with Crippen molar-refractivity contribution in [3.05, 3.63) is 24.4 Å². The van der Waals surface area contributed by atoms with Gasteiger partial charge in [-0.2, -0.15) is 0 Å². The summed E-state index contributed by atoms with van der Waals surface area (Å²) >= 11 is 0. The van der Waals surface area contributed by atoms with Crippen LogP contribution < -0.4 is 5.32 Å². The zero-order chi connectivity index (χ0) is 7.11. The molecule has 0 saturated heterocycles. The maximum atomic E-state index is 5.00. The van der Waals surface area contributed by atoms with E-state index in [1.807, 2.05) is 19.1 Å². The molecule has 0 amide bonds. The lowest BCUT2D eigenvalue weighted by molar-refractivity contribution is 0.959. The molecular weight excluding hydrogens is 110 g/mol. The summed E-state index contributed by atoms with van der Waals surface area (Å²) in [7, 11) is 0. The lowest BCUT2D eigenvalue weighted by atomic mass is 10.4. The molecule has 0 aromatic carbocycles. The average molecular weight is 121 g/mol. The van der Waals surface area contributed by atoms with Crippen molar-refractivity contribution in [1.29, 1.82) is 0 Å². The Balaban J connectivity index is 3.42. The zero-order valence-electron chi connectivity index (χ0n) is 5.65. The van der Waals surface area contributed by atoms with Crippen LogP contribution in [0.3, 0.4) is 0 Å². The Hall–Kier alpha value is -1.16. The average Bonchev–Trinajstić information content (AvgIpc) is 1.85. The third kappa shape index (κ3) is 4.70. The predicted octanol–water partition coefficient (Wildman–Crippen LogP) is 1.30. The SMILES string of the molecule is C#CCNC(=C)/C=C\C. The second kappa shape index (κ2) is 4.99. The van der Waals surface area contributed by atoms with Crippen LogP contribution in [0.2, 0.25) is 0 Å². The molecule has 1 heteroatoms. The van der Waals surface area contributed by atoms with E-state index in [0.29, 0.717) is 6.54 Å². The molecule has 0 aliphatic carbocycles. The van der Waals surface area contributed by atoms with Gasteiger partial charge in [0.05, 0.1) is 6.54 Å². The third-order valence-corrected chi connectivity index (χ3v) is 0.785. The smallest absolute Gasteiger partial charge is 0.0763 e. The molecule has 48 valence electrons. The van der Waals surface area contributed by atoms with Crippen LogP contribution in [0.25, 0.3) is 0 Å². The number of allylic oxidation sites excluding steroid dienone is 2. The second-order valence-corrected chi connectivity index (χ2v) is 1.58. The van der Waals surface area contributed by atoms with E-state index in [9.17, 15) is 0 Å². The van der Waals surface area contributed by atoms with Crippen LogP contribution in [0.5, 0.6) is 0 Å². The van der Waals surface area contributed by atoms with Crippen molar-refractivity contribution in [3.63, 3.8) is 0 Å². The largest absolute Gasteiger partial charge is 0.375 e. The van der Waals surface area contributed by atoms with E-state index in [4.69, 9.17) is 6.42 Å². The standard InChI is InChI=1S/C8H11N/c1-4-6-8(3)9-7-5-2/h2,4,6,9H,3,7H2,1H3/b6-4-. The Labute approximate surface area is 56.5 Å². The first-order valence-corrected chi connectivity index (χ1v) is 2.80. The maximum absolute atomic E-state index is 5.00. The van der Waals surface area contributed by atoms with Crippen LogP contribution in [-0.4, -0.2) is 6.54 Å². The van der Waals surface area contributed by atoms with E-state index in [-0.39, 0.29) is 0 Å². The molecule has 0 heterocycles. The van der Waals surface area contributed by atoms with Gasteiger partial charge in [-0.25, -0.2) is 0 Å². The van der Waals surface area contributed by atoms with Crippen molar-refractivity contribution < 1.29 is 0 Å². The highest BCUT2D eigenvalue weighted by Crippen LogP contribution is 1.83. The molecule has 0 unspecified atom stereocenters. The normalized spacial score (nSPS) is 8.89. The van der Waals surface area contributed by atoms with Crippen molar-refractivity contribution in [2.45, 2.75) is 6.92 Å². The summed E-state index contributed by atoms with van der Waals surface area (Å²) in [5.74, 6) is 2.45. The highest BCUT2D eigenvalue weighted by molar-refractivity contribution is 5.12. The molecule has 0 atom stereocenters. The van der Waals surface area contributed by atoms with E-state index >= 15 is 0 Å². The van der Waals surface area contributed by atoms with Crippen molar-refractivity contribution in [2.24, 2.45) is 0 Å². The first kappa shape index (κ1) is 7.84. The van der Waals surface area contributed by atoms with Crippen LogP contribution in [0.15, 0.2) is 24.4 Å². The summed E-state index contributed by atoms with van der Waals surface area (Å²) in [6.07, 6.45) is 8.78. The van der Waals surface area contributed by atoms with E-state index in [2.05, 4.69) is 17.8 Å². The summed E-state index contributed by atoms with van der Waals surface area (Å²) in [5, 5.41) is 2.92. The van der Waals surface area contributed by atoms with Crippen molar-refractivity contribution >= 4 is 0 Å². The quantitative estimate of drug-likeness (QED) is 0.438. The summed E-state index contributed by atoms with van der Waals surface area (Å²) in [6, 6.07) is 0. The molecule has 9 heavy (non-hydrogen) atoms. The fourth-order valence-corrected chi connectivity index (χ4v) is 0.425. The van der Waals surface area contributed by atoms with Crippen LogP contribution >= 0.6 is 0 Å². The van der Waals surface area contributed by atoms with E-state index in [1.54, 1.807) is 0 Å². The van der Waals surface area contributed by atoms with Gasteiger partial charge in [-0.3, -0.25) is 0 Å². The Morgan fingerprint density at radius 2 is 2.56 bits per heavy atom. The minimum Gasteiger partial charge on any atom is -0.375 e. The summed E-state index contributed by atoms with van der Waals surface area (Å²) < 4.78 is 0. The van der Waals surface area contributed by atoms with Gasteiger partial charge in [-0.05, 0) is 13.0 Å². The first-order valence-electron chi connectivity index (χ1n) is 2.80. The Morgan fingerprint density at radius 3 is 3.00 bits per heavy atom. The monoisotopic (exact) mass is 121 g/mol. The summed E-state index contributed by atoms with van der Waals surface area (Å²) in [4.78, 5) is 0. The van der Waals surface area contributed by atoms with Gasteiger partial charge in [0.1, 0.15) is 0 Å². The lowest BCUT2D eigenvalue weighted by Gasteiger charge is -1.97. The van der Waals surface area contributed by atoms with Crippen molar-refractivity contribution in [1.82, 2.24) is 5.32 Å². The van der Waals surface area contributed by atoms with Crippen LogP contribution in [0, 0.1) is 12.3 Å². The van der Waals surface area contributed by atoms with Crippen LogP contribution in [0.1, 0.15) is 6.92 Å². The highest BCUT2D eigenvalue weighted by Gasteiger charge is 1.79. The van der Waals surface area contributed by atoms with Gasteiger partial charge in [0, 0.05) is 5.70 Å². The number of nitrogens with one attached hydrogen (secondary N) is 1. The number of rotatable bonds is 3. The predicted molar refractivity (Wildman–Crippen MR) is 40.8 cm³/mol. The molecule has 0 fully saturated rings. The molecule has 0 radical (unpaired) electrons. The van der Waals surface area contributed by atoms with Gasteiger partial charge in [-0.1, -0.05) is 18.6 Å². The molecule has 1 N–H and O–H groups in total. The number of hydrogen-bond donors (Lipinski definition) is 1. The van der Waals surface area contributed by atoms with Crippen LogP contribution in [-0.2, 0) is 0 Å². The molecule has 0 rings (SSSR count). The zero-order valence-corrected chi connectivity index (χ0v) is 5.65. The molecule has 0 aliphatic rings. The van der Waals surface area contributed by atoms with Gasteiger partial charge < -0.3 is 5.32 Å².